The Balaban J connectivity index is 1.23. The fourth-order valence-electron chi connectivity index (χ4n) is 6.59. The van der Waals surface area contributed by atoms with Gasteiger partial charge in [-0.3, -0.25) is 14.3 Å². The number of hydrogen-bond acceptors (Lipinski definition) is 9. The number of hydrogen-bond donors (Lipinski definition) is 1. The van der Waals surface area contributed by atoms with E-state index >= 15 is 0 Å². The highest BCUT2D eigenvalue weighted by molar-refractivity contribution is 5.81. The van der Waals surface area contributed by atoms with Gasteiger partial charge in [0, 0.05) is 45.7 Å². The van der Waals surface area contributed by atoms with Crippen LogP contribution in [-0.2, 0) is 29.5 Å². The highest BCUT2D eigenvalue weighted by Gasteiger charge is 2.32. The molecular weight excluding hydrogens is 532 g/mol. The number of likely N-dealkylation sites (tertiary alicyclic amines) is 1. The minimum Gasteiger partial charge on any atom is -0.369 e. The van der Waals surface area contributed by atoms with Crippen molar-refractivity contribution in [2.45, 2.75) is 44.9 Å². The van der Waals surface area contributed by atoms with Gasteiger partial charge in [-0.1, -0.05) is 19.1 Å². The van der Waals surface area contributed by atoms with E-state index in [0.717, 1.165) is 85.0 Å². The molecule has 0 saturated carbocycles. The smallest absolute Gasteiger partial charge is 0.238 e. The van der Waals surface area contributed by atoms with Crippen LogP contribution in [0.25, 0.3) is 28.1 Å². The van der Waals surface area contributed by atoms with Crippen molar-refractivity contribution in [2.24, 2.45) is 7.05 Å². The van der Waals surface area contributed by atoms with Crippen LogP contribution in [-0.4, -0.2) is 115 Å². The Hall–Kier alpha value is -3.45. The number of piperidine rings is 1. The number of carbonyl (C=O) groups is 1. The van der Waals surface area contributed by atoms with Crippen LogP contribution >= 0.6 is 0 Å². The number of para-hydroxylation sites is 2. The van der Waals surface area contributed by atoms with Gasteiger partial charge in [-0.25, -0.2) is 15.0 Å². The summed E-state index contributed by atoms with van der Waals surface area (Å²) in [5.41, 5.74) is 4.11. The maximum Gasteiger partial charge on any atom is 0.238 e. The molecule has 1 N–H and O–H groups in total. The molecule has 3 aliphatic rings. The van der Waals surface area contributed by atoms with Gasteiger partial charge in [-0.05, 0) is 45.1 Å². The van der Waals surface area contributed by atoms with Crippen molar-refractivity contribution in [2.75, 3.05) is 59.5 Å². The van der Waals surface area contributed by atoms with Gasteiger partial charge in [-0.2, -0.15) is 4.98 Å². The number of piperazine rings is 1. The van der Waals surface area contributed by atoms with Crippen LogP contribution in [0.5, 0.6) is 0 Å². The summed E-state index contributed by atoms with van der Waals surface area (Å²) in [6.07, 6.45) is 2.75. The quantitative estimate of drug-likeness (QED) is 0.369. The summed E-state index contributed by atoms with van der Waals surface area (Å²) < 4.78 is 10.2. The van der Waals surface area contributed by atoms with Gasteiger partial charge in [0.15, 0.2) is 5.65 Å². The summed E-state index contributed by atoms with van der Waals surface area (Å²) >= 11 is 0. The maximum atomic E-state index is 13.3. The Morgan fingerprint density at radius 2 is 1.83 bits per heavy atom. The summed E-state index contributed by atoms with van der Waals surface area (Å²) in [6, 6.07) is 8.58. The van der Waals surface area contributed by atoms with Crippen LogP contribution in [0, 0.1) is 0 Å². The maximum absolute atomic E-state index is 13.3. The molecule has 12 nitrogen and oxygen atoms in total. The van der Waals surface area contributed by atoms with Gasteiger partial charge in [-0.15, -0.1) is 0 Å². The van der Waals surface area contributed by atoms with Crippen molar-refractivity contribution in [3.8, 4) is 5.95 Å². The largest absolute Gasteiger partial charge is 0.369 e. The standard InChI is InChI=1S/C30H40N10O2/c1-4-24-32-21-7-5-6-8-22(21)40(24)30-34-27(23-17-31-11-16-42-23)28-29(35-30)37(3)25(33-28)18-39-15-14-38(19-26(39)41)20-9-12-36(2)13-10-20/h5-8,20,23,31H,4,9-19H2,1-3H3. The number of nitrogens with one attached hydrogen (secondary N) is 1. The lowest BCUT2D eigenvalue weighted by atomic mass is 10.0. The average Bonchev–Trinajstić information content (AvgIpc) is 3.55. The zero-order valence-corrected chi connectivity index (χ0v) is 24.8. The molecule has 4 aromatic rings. The minimum atomic E-state index is -0.245. The molecule has 6 heterocycles. The molecule has 222 valence electrons. The summed E-state index contributed by atoms with van der Waals surface area (Å²) in [5.74, 6) is 2.43. The second-order valence-electron chi connectivity index (χ2n) is 11.8. The normalized spacial score (nSPS) is 21.6. The first-order valence-electron chi connectivity index (χ1n) is 15.2. The van der Waals surface area contributed by atoms with Crippen LogP contribution in [0.3, 0.4) is 0 Å². The van der Waals surface area contributed by atoms with E-state index in [1.165, 1.54) is 0 Å². The summed E-state index contributed by atoms with van der Waals surface area (Å²) in [6.45, 7) is 8.87. The van der Waals surface area contributed by atoms with E-state index in [9.17, 15) is 4.79 Å². The highest BCUT2D eigenvalue weighted by atomic mass is 16.5. The Bertz CT molecular complexity index is 1600. The van der Waals surface area contributed by atoms with Gasteiger partial charge >= 0.3 is 0 Å². The first-order chi connectivity index (χ1) is 20.5. The molecule has 7 rings (SSSR count). The van der Waals surface area contributed by atoms with Gasteiger partial charge in [0.1, 0.15) is 29.0 Å². The molecule has 0 bridgehead atoms. The second kappa shape index (κ2) is 11.3. The molecule has 1 amide bonds. The molecule has 1 aromatic carbocycles. The van der Waals surface area contributed by atoms with Crippen LogP contribution in [0.4, 0.5) is 0 Å². The van der Waals surface area contributed by atoms with Crippen molar-refractivity contribution in [1.82, 2.24) is 49.1 Å². The molecule has 12 heteroatoms. The topological polar surface area (TPSA) is 109 Å². The second-order valence-corrected chi connectivity index (χ2v) is 11.8. The van der Waals surface area contributed by atoms with Gasteiger partial charge in [0.25, 0.3) is 0 Å². The first-order valence-corrected chi connectivity index (χ1v) is 15.2. The number of nitrogens with zero attached hydrogens (tertiary/aromatic N) is 9. The number of aryl methyl sites for hydroxylation is 2. The van der Waals surface area contributed by atoms with Crippen molar-refractivity contribution < 1.29 is 9.53 Å². The fraction of sp³-hybridized carbons (Fsp3) is 0.567. The summed E-state index contributed by atoms with van der Waals surface area (Å²) in [7, 11) is 4.16. The number of benzene rings is 1. The van der Waals surface area contributed by atoms with E-state index in [-0.39, 0.29) is 12.0 Å². The Morgan fingerprint density at radius 3 is 2.60 bits per heavy atom. The SMILES string of the molecule is CCc1nc2ccccc2n1-c1nc(C2CNCCO2)c2nc(CN3CCN(C4CCN(C)CC4)CC3=O)n(C)c2n1. The number of carbonyl (C=O) groups excluding carboxylic acids is 1. The summed E-state index contributed by atoms with van der Waals surface area (Å²) in [5, 5.41) is 3.43. The van der Waals surface area contributed by atoms with E-state index in [4.69, 9.17) is 24.7 Å². The number of amides is 1. The Kier molecular flexibility index (Phi) is 7.39. The van der Waals surface area contributed by atoms with E-state index in [2.05, 4.69) is 35.2 Å². The lowest BCUT2D eigenvalue weighted by Gasteiger charge is -2.41. The highest BCUT2D eigenvalue weighted by Crippen LogP contribution is 2.29. The van der Waals surface area contributed by atoms with E-state index < -0.39 is 0 Å². The Morgan fingerprint density at radius 1 is 1.00 bits per heavy atom. The first kappa shape index (κ1) is 27.4. The van der Waals surface area contributed by atoms with Gasteiger partial charge < -0.3 is 24.4 Å². The van der Waals surface area contributed by atoms with Crippen LogP contribution in [0.1, 0.15) is 43.2 Å². The molecule has 3 saturated heterocycles. The molecule has 0 spiro atoms. The predicted molar refractivity (Wildman–Crippen MR) is 159 cm³/mol. The van der Waals surface area contributed by atoms with Crippen molar-refractivity contribution in [1.29, 1.82) is 0 Å². The molecule has 42 heavy (non-hydrogen) atoms. The van der Waals surface area contributed by atoms with Crippen molar-refractivity contribution >= 4 is 28.1 Å². The zero-order valence-electron chi connectivity index (χ0n) is 24.8. The van der Waals surface area contributed by atoms with Gasteiger partial charge in [0.2, 0.25) is 11.9 Å². The van der Waals surface area contributed by atoms with E-state index in [0.29, 0.717) is 44.8 Å². The molecule has 3 fully saturated rings. The average molecular weight is 573 g/mol. The number of imidazole rings is 2. The Labute approximate surface area is 245 Å². The molecule has 3 aliphatic heterocycles. The van der Waals surface area contributed by atoms with Crippen molar-refractivity contribution in [3.63, 3.8) is 0 Å². The third-order valence-electron chi connectivity index (χ3n) is 9.09. The number of fused-ring (bicyclic) bond motifs is 2. The lowest BCUT2D eigenvalue weighted by Crippen LogP contribution is -2.55. The zero-order chi connectivity index (χ0) is 28.8. The summed E-state index contributed by atoms with van der Waals surface area (Å²) in [4.78, 5) is 40.1. The third-order valence-corrected chi connectivity index (χ3v) is 9.09. The molecular formula is C30H40N10O2. The van der Waals surface area contributed by atoms with Gasteiger partial charge in [0.05, 0.1) is 30.7 Å². The third kappa shape index (κ3) is 4.96. The molecule has 1 unspecified atom stereocenters. The van der Waals surface area contributed by atoms with E-state index in [1.54, 1.807) is 0 Å². The molecule has 0 aliphatic carbocycles. The lowest BCUT2D eigenvalue weighted by molar-refractivity contribution is -0.138. The molecule has 0 radical (unpaired) electrons. The van der Waals surface area contributed by atoms with Crippen LogP contribution < -0.4 is 5.32 Å². The van der Waals surface area contributed by atoms with Crippen LogP contribution in [0.2, 0.25) is 0 Å². The number of morpholine rings is 1. The fourth-order valence-corrected chi connectivity index (χ4v) is 6.59. The predicted octanol–water partition coefficient (Wildman–Crippen LogP) is 1.66. The number of ether oxygens (including phenoxy) is 1. The number of rotatable bonds is 6. The minimum absolute atomic E-state index is 0.163. The molecule has 1 atom stereocenters. The molecule has 3 aromatic heterocycles. The monoisotopic (exact) mass is 572 g/mol. The number of aromatic nitrogens is 6. The van der Waals surface area contributed by atoms with E-state index in [1.807, 2.05) is 39.3 Å². The van der Waals surface area contributed by atoms with Crippen LogP contribution in [0.15, 0.2) is 24.3 Å². The van der Waals surface area contributed by atoms with Crippen molar-refractivity contribution in [3.05, 3.63) is 41.6 Å².